The summed E-state index contributed by atoms with van der Waals surface area (Å²) in [6.07, 6.45) is 4.72. The fourth-order valence-corrected chi connectivity index (χ4v) is 2.22. The molecule has 0 saturated carbocycles. The summed E-state index contributed by atoms with van der Waals surface area (Å²) in [6.45, 7) is 6.09. The molecule has 0 amide bonds. The Morgan fingerprint density at radius 1 is 1.10 bits per heavy atom. The van der Waals surface area contributed by atoms with Gasteiger partial charge in [-0.15, -0.1) is 0 Å². The summed E-state index contributed by atoms with van der Waals surface area (Å²) < 4.78 is 0. The van der Waals surface area contributed by atoms with E-state index < -0.39 is 6.83 Å². The molecule has 2 heteroatoms. The maximum atomic E-state index is 9.84. The van der Waals surface area contributed by atoms with E-state index in [9.17, 15) is 4.89 Å². The predicted molar refractivity (Wildman–Crippen MR) is 51.3 cm³/mol. The fraction of sp³-hybridized carbons (Fsp3) is 1.00. The molecule has 0 spiro atoms. The molecule has 0 aromatic rings. The molecule has 0 radical (unpaired) electrons. The van der Waals surface area contributed by atoms with Gasteiger partial charge in [-0.2, -0.15) is 0 Å². The molecule has 0 aliphatic rings. The van der Waals surface area contributed by atoms with Crippen molar-refractivity contribution in [2.75, 3.05) is 26.2 Å². The molecule has 10 heavy (non-hydrogen) atoms. The number of hydrogen-bond donors (Lipinski definition) is 1. The standard InChI is InChI=1S/C8H21OP/c1-5-6-7-8-10(2,3,4)9/h9H,5-8H2,1-4H3. The zero-order chi connectivity index (χ0) is 8.28. The van der Waals surface area contributed by atoms with Crippen LogP contribution in [0, 0.1) is 0 Å². The average molecular weight is 164 g/mol. The zero-order valence-corrected chi connectivity index (χ0v) is 8.62. The van der Waals surface area contributed by atoms with E-state index in [0.717, 1.165) is 6.16 Å². The Kier molecular flexibility index (Phi) is 3.32. The van der Waals surface area contributed by atoms with E-state index in [2.05, 4.69) is 6.92 Å². The summed E-state index contributed by atoms with van der Waals surface area (Å²) in [4.78, 5) is 9.84. The first-order valence-electron chi connectivity index (χ1n) is 4.06. The normalized spacial score (nSPS) is 16.3. The van der Waals surface area contributed by atoms with Gasteiger partial charge in [0.25, 0.3) is 0 Å². The van der Waals surface area contributed by atoms with Crippen LogP contribution in [0.4, 0.5) is 0 Å². The van der Waals surface area contributed by atoms with Gasteiger partial charge in [0.1, 0.15) is 0 Å². The van der Waals surface area contributed by atoms with E-state index in [1.165, 1.54) is 19.3 Å². The van der Waals surface area contributed by atoms with Crippen LogP contribution in [0.3, 0.4) is 0 Å². The minimum absolute atomic E-state index is 1.03. The summed E-state index contributed by atoms with van der Waals surface area (Å²) in [5.41, 5.74) is 0. The molecule has 0 aliphatic carbocycles. The van der Waals surface area contributed by atoms with Crippen molar-refractivity contribution in [3.63, 3.8) is 0 Å². The van der Waals surface area contributed by atoms with Crippen LogP contribution in [-0.2, 0) is 0 Å². The average Bonchev–Trinajstić information content (AvgIpc) is 1.61. The van der Waals surface area contributed by atoms with Crippen LogP contribution >= 0.6 is 6.83 Å². The first-order valence-corrected chi connectivity index (χ1v) is 7.78. The molecule has 0 rings (SSSR count). The molecule has 0 saturated heterocycles. The monoisotopic (exact) mass is 164 g/mol. The van der Waals surface area contributed by atoms with E-state index >= 15 is 0 Å². The summed E-state index contributed by atoms with van der Waals surface area (Å²) in [5.74, 6) is 0. The molecule has 0 bridgehead atoms. The van der Waals surface area contributed by atoms with E-state index in [1.54, 1.807) is 0 Å². The Labute approximate surface area is 64.8 Å². The second-order valence-corrected chi connectivity index (χ2v) is 11.0. The predicted octanol–water partition coefficient (Wildman–Crippen LogP) is 2.53. The molecule has 1 N–H and O–H groups in total. The van der Waals surface area contributed by atoms with E-state index in [1.807, 2.05) is 20.0 Å². The number of rotatable bonds is 4. The van der Waals surface area contributed by atoms with Gasteiger partial charge >= 0.3 is 64.1 Å². The van der Waals surface area contributed by atoms with Crippen LogP contribution in [-0.4, -0.2) is 31.0 Å². The maximum absolute atomic E-state index is 9.84. The Morgan fingerprint density at radius 3 is 1.90 bits per heavy atom. The van der Waals surface area contributed by atoms with E-state index in [4.69, 9.17) is 0 Å². The quantitative estimate of drug-likeness (QED) is 0.500. The molecule has 1 nitrogen and oxygen atoms in total. The van der Waals surface area contributed by atoms with Crippen molar-refractivity contribution in [3.05, 3.63) is 0 Å². The summed E-state index contributed by atoms with van der Waals surface area (Å²) >= 11 is 0. The molecule has 0 fully saturated rings. The van der Waals surface area contributed by atoms with Gasteiger partial charge in [0, 0.05) is 0 Å². The van der Waals surface area contributed by atoms with Gasteiger partial charge < -0.3 is 0 Å². The van der Waals surface area contributed by atoms with Crippen LogP contribution in [0.1, 0.15) is 26.2 Å². The van der Waals surface area contributed by atoms with Crippen LogP contribution in [0.25, 0.3) is 0 Å². The van der Waals surface area contributed by atoms with Gasteiger partial charge in [0.2, 0.25) is 0 Å². The molecule has 0 unspecified atom stereocenters. The zero-order valence-electron chi connectivity index (χ0n) is 7.72. The van der Waals surface area contributed by atoms with Gasteiger partial charge in [-0.3, -0.25) is 0 Å². The van der Waals surface area contributed by atoms with Crippen molar-refractivity contribution in [2.24, 2.45) is 0 Å². The summed E-state index contributed by atoms with van der Waals surface area (Å²) in [6, 6.07) is 0. The second-order valence-electron chi connectivity index (χ2n) is 4.46. The van der Waals surface area contributed by atoms with Crippen molar-refractivity contribution in [2.45, 2.75) is 26.2 Å². The first-order chi connectivity index (χ1) is 4.31. The molecule has 0 aromatic heterocycles. The molecule has 0 atom stereocenters. The number of unbranched alkanes of at least 4 members (excludes halogenated alkanes) is 2. The second kappa shape index (κ2) is 3.19. The van der Waals surface area contributed by atoms with Crippen molar-refractivity contribution in [1.82, 2.24) is 0 Å². The van der Waals surface area contributed by atoms with Crippen LogP contribution < -0.4 is 0 Å². The van der Waals surface area contributed by atoms with Gasteiger partial charge in [-0.05, 0) is 0 Å². The molecular weight excluding hydrogens is 143 g/mol. The Hall–Kier alpha value is 0.390. The minimum atomic E-state index is -2.15. The fourth-order valence-electron chi connectivity index (χ4n) is 0.907. The SMILES string of the molecule is CCCCCP(C)(C)(C)O. The third-order valence-corrected chi connectivity index (χ3v) is 3.39. The van der Waals surface area contributed by atoms with Crippen molar-refractivity contribution in [1.29, 1.82) is 0 Å². The first kappa shape index (κ1) is 10.4. The van der Waals surface area contributed by atoms with Crippen LogP contribution in [0.15, 0.2) is 0 Å². The molecule has 0 aromatic carbocycles. The van der Waals surface area contributed by atoms with Gasteiger partial charge in [-0.25, -0.2) is 0 Å². The molecular formula is C8H21OP. The topological polar surface area (TPSA) is 20.2 Å². The van der Waals surface area contributed by atoms with Crippen molar-refractivity contribution in [3.8, 4) is 0 Å². The van der Waals surface area contributed by atoms with Crippen molar-refractivity contribution < 1.29 is 4.89 Å². The van der Waals surface area contributed by atoms with Crippen molar-refractivity contribution >= 4 is 6.83 Å². The molecule has 64 valence electrons. The number of hydrogen-bond acceptors (Lipinski definition) is 1. The van der Waals surface area contributed by atoms with E-state index in [0.29, 0.717) is 0 Å². The Balaban J connectivity index is 3.49. The third-order valence-electron chi connectivity index (χ3n) is 1.53. The summed E-state index contributed by atoms with van der Waals surface area (Å²) in [5, 5.41) is 0. The van der Waals surface area contributed by atoms with Gasteiger partial charge in [0.15, 0.2) is 0 Å². The molecule has 0 aliphatic heterocycles. The van der Waals surface area contributed by atoms with E-state index in [-0.39, 0.29) is 0 Å². The Morgan fingerprint density at radius 2 is 1.60 bits per heavy atom. The summed E-state index contributed by atoms with van der Waals surface area (Å²) in [7, 11) is 0. The van der Waals surface area contributed by atoms with Gasteiger partial charge in [0.05, 0.1) is 0 Å². The van der Waals surface area contributed by atoms with Gasteiger partial charge in [-0.1, -0.05) is 0 Å². The van der Waals surface area contributed by atoms with Crippen LogP contribution in [0.2, 0.25) is 0 Å². The molecule has 0 heterocycles. The third kappa shape index (κ3) is 8.39. The van der Waals surface area contributed by atoms with Crippen LogP contribution in [0.5, 0.6) is 0 Å². The Bertz CT molecular complexity index is 92.3.